The number of hydrogen-bond donors (Lipinski definition) is 1. The van der Waals surface area contributed by atoms with Crippen molar-refractivity contribution in [2.75, 3.05) is 24.6 Å². The molecule has 0 saturated carbocycles. The molecule has 1 unspecified atom stereocenters. The second-order valence-electron chi connectivity index (χ2n) is 6.57. The van der Waals surface area contributed by atoms with Gasteiger partial charge in [-0.2, -0.15) is 0 Å². The minimum absolute atomic E-state index is 0.00513. The number of halogens is 1. The molecule has 2 amide bonds. The molecule has 0 aliphatic carbocycles. The summed E-state index contributed by atoms with van der Waals surface area (Å²) in [6, 6.07) is 7.15. The van der Waals surface area contributed by atoms with E-state index in [4.69, 9.17) is 11.6 Å². The second kappa shape index (κ2) is 8.16. The predicted molar refractivity (Wildman–Crippen MR) is 108 cm³/mol. The zero-order chi connectivity index (χ0) is 19.6. The van der Waals surface area contributed by atoms with E-state index in [2.05, 4.69) is 5.32 Å². The average Bonchev–Trinajstić information content (AvgIpc) is 3.17. The van der Waals surface area contributed by atoms with Crippen LogP contribution in [0.2, 0.25) is 5.02 Å². The Labute approximate surface area is 167 Å². The van der Waals surface area contributed by atoms with Crippen LogP contribution in [0.4, 0.5) is 0 Å². The van der Waals surface area contributed by atoms with E-state index in [9.17, 15) is 18.0 Å². The molecule has 0 bridgehead atoms. The van der Waals surface area contributed by atoms with Gasteiger partial charge in [0, 0.05) is 22.7 Å². The first-order valence-corrected chi connectivity index (χ1v) is 11.8. The molecule has 1 aromatic heterocycles. The number of hydrogen-bond acceptors (Lipinski definition) is 5. The van der Waals surface area contributed by atoms with Gasteiger partial charge in [-0.3, -0.25) is 9.59 Å². The Hall–Kier alpha value is -1.64. The van der Waals surface area contributed by atoms with Crippen LogP contribution in [0, 0.1) is 0 Å². The first kappa shape index (κ1) is 20.1. The van der Waals surface area contributed by atoms with Gasteiger partial charge in [-0.1, -0.05) is 36.7 Å². The first-order valence-electron chi connectivity index (χ1n) is 8.77. The van der Waals surface area contributed by atoms with Crippen molar-refractivity contribution in [2.24, 2.45) is 0 Å². The summed E-state index contributed by atoms with van der Waals surface area (Å²) < 4.78 is 24.4. The number of amides is 2. The van der Waals surface area contributed by atoms with Gasteiger partial charge < -0.3 is 10.2 Å². The number of sulfone groups is 1. The van der Waals surface area contributed by atoms with Crippen molar-refractivity contribution in [1.82, 2.24) is 10.2 Å². The number of rotatable bonds is 6. The number of thiophene rings is 1. The van der Waals surface area contributed by atoms with Gasteiger partial charge in [0.1, 0.15) is 4.88 Å². The third-order valence-corrected chi connectivity index (χ3v) is 8.00. The van der Waals surface area contributed by atoms with E-state index in [-0.39, 0.29) is 30.0 Å². The summed E-state index contributed by atoms with van der Waals surface area (Å²) in [6.07, 6.45) is 1.17. The Morgan fingerprint density at radius 3 is 2.70 bits per heavy atom. The maximum absolute atomic E-state index is 12.6. The number of carbonyl (C=O) groups is 2. The first-order chi connectivity index (χ1) is 12.8. The molecule has 1 atom stereocenters. The molecule has 2 heterocycles. The molecule has 1 aliphatic rings. The summed E-state index contributed by atoms with van der Waals surface area (Å²) in [5, 5.41) is 3.82. The van der Waals surface area contributed by atoms with Crippen molar-refractivity contribution in [2.45, 2.75) is 25.8 Å². The Morgan fingerprint density at radius 2 is 2.07 bits per heavy atom. The molecule has 1 aliphatic heterocycles. The zero-order valence-electron chi connectivity index (χ0n) is 14.9. The molecule has 9 heteroatoms. The molecule has 1 fully saturated rings. The van der Waals surface area contributed by atoms with Crippen LogP contribution in [0.25, 0.3) is 10.1 Å². The van der Waals surface area contributed by atoms with Gasteiger partial charge >= 0.3 is 0 Å². The van der Waals surface area contributed by atoms with Crippen LogP contribution in [-0.4, -0.2) is 55.8 Å². The van der Waals surface area contributed by atoms with Crippen LogP contribution in [0.1, 0.15) is 29.4 Å². The highest BCUT2D eigenvalue weighted by Crippen LogP contribution is 2.34. The number of nitrogens with zero attached hydrogens (tertiary/aromatic N) is 1. The summed E-state index contributed by atoms with van der Waals surface area (Å²) in [6.45, 7) is 2.22. The maximum atomic E-state index is 12.6. The van der Waals surface area contributed by atoms with Gasteiger partial charge in [0.05, 0.1) is 23.1 Å². The fraction of sp³-hybridized carbons (Fsp3) is 0.444. The largest absolute Gasteiger partial charge is 0.342 e. The molecular formula is C18H21ClN2O4S2. The minimum Gasteiger partial charge on any atom is -0.342 e. The number of benzene rings is 1. The smallest absolute Gasteiger partial charge is 0.263 e. The van der Waals surface area contributed by atoms with Gasteiger partial charge in [-0.15, -0.1) is 11.3 Å². The lowest BCUT2D eigenvalue weighted by molar-refractivity contribution is -0.132. The van der Waals surface area contributed by atoms with E-state index in [0.29, 0.717) is 22.9 Å². The highest BCUT2D eigenvalue weighted by atomic mass is 35.5. The fourth-order valence-corrected chi connectivity index (χ4v) is 6.43. The number of nitrogens with one attached hydrogen (secondary N) is 1. The summed E-state index contributed by atoms with van der Waals surface area (Å²) in [5.74, 6) is -0.571. The Balaban J connectivity index is 1.67. The minimum atomic E-state index is -3.08. The van der Waals surface area contributed by atoms with E-state index in [0.717, 1.165) is 16.5 Å². The van der Waals surface area contributed by atoms with Crippen LogP contribution in [0.15, 0.2) is 24.3 Å². The van der Waals surface area contributed by atoms with Gasteiger partial charge in [-0.05, 0) is 18.9 Å². The lowest BCUT2D eigenvalue weighted by Crippen LogP contribution is -2.46. The SMILES string of the molecule is CCCN(C(=O)CNC(=O)c1sc2ccccc2c1Cl)C1CCS(=O)(=O)C1. The number of fused-ring (bicyclic) bond motifs is 1. The van der Waals surface area contributed by atoms with E-state index < -0.39 is 15.7 Å². The normalized spacial score (nSPS) is 18.5. The van der Waals surface area contributed by atoms with E-state index >= 15 is 0 Å². The second-order valence-corrected chi connectivity index (χ2v) is 10.2. The van der Waals surface area contributed by atoms with E-state index in [1.807, 2.05) is 31.2 Å². The van der Waals surface area contributed by atoms with Gasteiger partial charge in [-0.25, -0.2) is 8.42 Å². The van der Waals surface area contributed by atoms with E-state index in [1.165, 1.54) is 11.3 Å². The molecule has 3 rings (SSSR count). The molecule has 1 N–H and O–H groups in total. The number of carbonyl (C=O) groups excluding carboxylic acids is 2. The standard InChI is InChI=1S/C18H21ClN2O4S2/c1-2-8-21(12-7-9-27(24,25)11-12)15(22)10-20-18(23)17-16(19)13-5-3-4-6-14(13)26-17/h3-6,12H,2,7-11H2,1H3,(H,20,23). The molecule has 2 aromatic rings. The lowest BCUT2D eigenvalue weighted by atomic mass is 10.2. The summed E-state index contributed by atoms with van der Waals surface area (Å²) in [7, 11) is -3.08. The Kier molecular flexibility index (Phi) is 6.08. The van der Waals surface area contributed by atoms with Gasteiger partial charge in [0.25, 0.3) is 5.91 Å². The molecular weight excluding hydrogens is 408 g/mol. The topological polar surface area (TPSA) is 83.6 Å². The average molecular weight is 429 g/mol. The van der Waals surface area contributed by atoms with Crippen LogP contribution in [-0.2, 0) is 14.6 Å². The highest BCUT2D eigenvalue weighted by Gasteiger charge is 2.34. The van der Waals surface area contributed by atoms with Crippen molar-refractivity contribution in [3.8, 4) is 0 Å². The van der Waals surface area contributed by atoms with Gasteiger partial charge in [0.2, 0.25) is 5.91 Å². The molecule has 0 radical (unpaired) electrons. The monoisotopic (exact) mass is 428 g/mol. The summed E-state index contributed by atoms with van der Waals surface area (Å²) in [5.41, 5.74) is 0. The molecule has 146 valence electrons. The van der Waals surface area contributed by atoms with Crippen molar-refractivity contribution >= 4 is 54.7 Å². The summed E-state index contributed by atoms with van der Waals surface area (Å²) >= 11 is 7.58. The van der Waals surface area contributed by atoms with Crippen LogP contribution < -0.4 is 5.32 Å². The van der Waals surface area contributed by atoms with Crippen LogP contribution >= 0.6 is 22.9 Å². The maximum Gasteiger partial charge on any atom is 0.263 e. The van der Waals surface area contributed by atoms with Crippen molar-refractivity contribution in [3.63, 3.8) is 0 Å². The molecule has 6 nitrogen and oxygen atoms in total. The third kappa shape index (κ3) is 4.44. The Morgan fingerprint density at radius 1 is 1.33 bits per heavy atom. The predicted octanol–water partition coefficient (Wildman–Crippen LogP) is 2.71. The zero-order valence-corrected chi connectivity index (χ0v) is 17.3. The molecule has 1 saturated heterocycles. The lowest BCUT2D eigenvalue weighted by Gasteiger charge is -2.28. The quantitative estimate of drug-likeness (QED) is 0.766. The third-order valence-electron chi connectivity index (χ3n) is 4.58. The Bertz CT molecular complexity index is 971. The highest BCUT2D eigenvalue weighted by molar-refractivity contribution is 7.91. The fourth-order valence-electron chi connectivity index (χ4n) is 3.27. The van der Waals surface area contributed by atoms with Crippen molar-refractivity contribution < 1.29 is 18.0 Å². The van der Waals surface area contributed by atoms with Crippen molar-refractivity contribution in [1.29, 1.82) is 0 Å². The van der Waals surface area contributed by atoms with Crippen LogP contribution in [0.3, 0.4) is 0 Å². The van der Waals surface area contributed by atoms with Crippen LogP contribution in [0.5, 0.6) is 0 Å². The van der Waals surface area contributed by atoms with E-state index in [1.54, 1.807) is 4.90 Å². The summed E-state index contributed by atoms with van der Waals surface area (Å²) in [4.78, 5) is 27.1. The molecule has 1 aromatic carbocycles. The molecule has 27 heavy (non-hydrogen) atoms. The van der Waals surface area contributed by atoms with Crippen molar-refractivity contribution in [3.05, 3.63) is 34.2 Å². The van der Waals surface area contributed by atoms with Gasteiger partial charge in [0.15, 0.2) is 9.84 Å². The molecule has 0 spiro atoms.